The number of hydrogen-bond donors (Lipinski definition) is 6. The van der Waals surface area contributed by atoms with Crippen LogP contribution < -0.4 is 10.1 Å². The smallest absolute Gasteiger partial charge is 0.312 e. The number of unbranched alkanes of at least 4 members (excludes halogenated alkanes) is 5. The number of allylic oxidation sites excluding steroid dienone is 2. The van der Waals surface area contributed by atoms with E-state index in [0.717, 1.165) is 44.7 Å². The van der Waals surface area contributed by atoms with E-state index >= 15 is 0 Å². The molecule has 3 aliphatic heterocycles. The number of aromatic hydroxyl groups is 3. The van der Waals surface area contributed by atoms with E-state index in [4.69, 9.17) is 23.8 Å². The van der Waals surface area contributed by atoms with Gasteiger partial charge in [-0.2, -0.15) is 0 Å². The van der Waals surface area contributed by atoms with Crippen molar-refractivity contribution in [3.8, 4) is 23.0 Å². The quantitative estimate of drug-likeness (QED) is 0.0323. The molecular weight excluding hydrogens is 789 g/mol. The molecule has 0 saturated heterocycles. The highest BCUT2D eigenvalue weighted by Gasteiger charge is 2.50. The third-order valence-corrected chi connectivity index (χ3v) is 11.9. The van der Waals surface area contributed by atoms with Gasteiger partial charge in [0.2, 0.25) is 0 Å². The largest absolute Gasteiger partial charge is 0.507 e. The fraction of sp³-hybridized carbons (Fsp3) is 0.565. The Morgan fingerprint density at radius 2 is 1.59 bits per heavy atom. The molecule has 6 N–H and O–H groups in total. The van der Waals surface area contributed by atoms with Crippen molar-refractivity contribution >= 4 is 40.3 Å². The van der Waals surface area contributed by atoms with Crippen molar-refractivity contribution in [3.63, 3.8) is 0 Å². The molecule has 0 aliphatic carbocycles. The number of nitrogens with zero attached hydrogens (tertiary/aromatic N) is 1. The van der Waals surface area contributed by atoms with Crippen molar-refractivity contribution in [2.75, 3.05) is 19.0 Å². The standard InChI is InChI=1S/C46H64N2O13/c1-11-12-13-14-15-16-21-59-47-23-31-36-41(54)34-33(40(31)53)35-43(29(7)39(34)52)61-46(9,44(35)55)58-22-20-32(57-10)26(4)42(60-30(8)49)28(6)38(51)27(5)37(50)24(2)18-17-19-25(3)45(56)48-36/h17-20,22-24,26-28,32,37-38,42,50-54H,11-16,21H2,1-10H3,(H,48,56)/t24-,26+,27-,28-,32+,37+,38-,42+,46+/m1/s1. The summed E-state index contributed by atoms with van der Waals surface area (Å²) in [6.45, 7) is 14.9. The Kier molecular flexibility index (Phi) is 16.8. The maximum Gasteiger partial charge on any atom is 0.312 e. The van der Waals surface area contributed by atoms with Gasteiger partial charge in [-0.1, -0.05) is 83.7 Å². The Morgan fingerprint density at radius 3 is 2.25 bits per heavy atom. The molecule has 5 rings (SSSR count). The molecule has 3 aliphatic rings. The van der Waals surface area contributed by atoms with Crippen LogP contribution >= 0.6 is 0 Å². The van der Waals surface area contributed by atoms with Crippen molar-refractivity contribution < 1.29 is 63.7 Å². The maximum absolute atomic E-state index is 14.4. The Labute approximate surface area is 358 Å². The van der Waals surface area contributed by atoms with Crippen LogP contribution in [0.3, 0.4) is 0 Å². The number of carbonyl (C=O) groups is 3. The van der Waals surface area contributed by atoms with Crippen LogP contribution in [0.25, 0.3) is 10.8 Å². The lowest BCUT2D eigenvalue weighted by Crippen LogP contribution is -2.46. The van der Waals surface area contributed by atoms with Crippen molar-refractivity contribution in [1.82, 2.24) is 0 Å². The number of rotatable bonds is 11. The molecule has 2 aromatic rings. The van der Waals surface area contributed by atoms with Crippen molar-refractivity contribution in [1.29, 1.82) is 0 Å². The molecular formula is C46H64N2O13. The minimum Gasteiger partial charge on any atom is -0.507 e. The average Bonchev–Trinajstić information content (AvgIpc) is 3.49. The number of benzene rings is 2. The summed E-state index contributed by atoms with van der Waals surface area (Å²) in [6.07, 6.45) is 10.7. The minimum atomic E-state index is -2.06. The predicted molar refractivity (Wildman–Crippen MR) is 231 cm³/mol. The van der Waals surface area contributed by atoms with Gasteiger partial charge in [-0.25, -0.2) is 0 Å². The van der Waals surface area contributed by atoms with Gasteiger partial charge in [0.05, 0.1) is 53.0 Å². The van der Waals surface area contributed by atoms with Crippen LogP contribution in [0.2, 0.25) is 0 Å². The second kappa shape index (κ2) is 21.1. The van der Waals surface area contributed by atoms with Crippen LogP contribution in [0.5, 0.6) is 23.0 Å². The Balaban J connectivity index is 1.90. The molecule has 336 valence electrons. The second-order valence-corrected chi connectivity index (χ2v) is 16.5. The number of aliphatic hydroxyl groups excluding tert-OH is 2. The number of phenols is 3. The van der Waals surface area contributed by atoms with Crippen molar-refractivity contribution in [3.05, 3.63) is 52.8 Å². The van der Waals surface area contributed by atoms with Gasteiger partial charge in [0.15, 0.2) is 5.75 Å². The highest BCUT2D eigenvalue weighted by atomic mass is 16.7. The van der Waals surface area contributed by atoms with Gasteiger partial charge in [0.1, 0.15) is 30.0 Å². The van der Waals surface area contributed by atoms with E-state index in [2.05, 4.69) is 17.4 Å². The summed E-state index contributed by atoms with van der Waals surface area (Å²) in [5, 5.41) is 64.3. The van der Waals surface area contributed by atoms with Gasteiger partial charge in [-0.05, 0) is 32.8 Å². The average molecular weight is 853 g/mol. The van der Waals surface area contributed by atoms with E-state index in [1.54, 1.807) is 39.8 Å². The minimum absolute atomic E-state index is 0.0419. The molecule has 0 saturated carbocycles. The number of oxime groups is 1. The number of phenolic OH excluding ortho intramolecular Hbond substituents is 3. The zero-order chi connectivity index (χ0) is 45.3. The lowest BCUT2D eigenvalue weighted by Gasteiger charge is -2.38. The summed E-state index contributed by atoms with van der Waals surface area (Å²) >= 11 is 0. The van der Waals surface area contributed by atoms with Gasteiger partial charge < -0.3 is 54.6 Å². The number of ketones is 1. The summed E-state index contributed by atoms with van der Waals surface area (Å²) in [6, 6.07) is 0. The van der Waals surface area contributed by atoms with Gasteiger partial charge in [0, 0.05) is 61.2 Å². The summed E-state index contributed by atoms with van der Waals surface area (Å²) in [4.78, 5) is 45.9. The molecule has 0 unspecified atom stereocenters. The lowest BCUT2D eigenvalue weighted by atomic mass is 9.78. The van der Waals surface area contributed by atoms with Crippen LogP contribution in [0.1, 0.15) is 115 Å². The monoisotopic (exact) mass is 852 g/mol. The first kappa shape index (κ1) is 48.5. The molecule has 0 radical (unpaired) electrons. The number of hydrogen-bond acceptors (Lipinski definition) is 14. The number of Topliss-reactive ketones (excluding diaryl/α,β-unsaturated/α-hetero) is 1. The summed E-state index contributed by atoms with van der Waals surface area (Å²) in [7, 11) is 1.43. The van der Waals surface area contributed by atoms with Crippen molar-refractivity contribution in [2.45, 2.75) is 131 Å². The summed E-state index contributed by atoms with van der Waals surface area (Å²) in [5.41, 5.74) is -0.543. The summed E-state index contributed by atoms with van der Waals surface area (Å²) in [5.74, 6) is -8.55. The van der Waals surface area contributed by atoms with Crippen LogP contribution in [0, 0.1) is 30.6 Å². The van der Waals surface area contributed by atoms with E-state index in [1.165, 1.54) is 53.2 Å². The molecule has 1 amide bonds. The second-order valence-electron chi connectivity index (χ2n) is 16.5. The first-order chi connectivity index (χ1) is 28.8. The molecule has 0 spiro atoms. The number of amides is 1. The number of ether oxygens (including phenoxy) is 4. The van der Waals surface area contributed by atoms with Gasteiger partial charge >= 0.3 is 11.8 Å². The number of carbonyl (C=O) groups excluding carboxylic acids is 3. The maximum atomic E-state index is 14.4. The van der Waals surface area contributed by atoms with E-state index < -0.39 is 88.8 Å². The zero-order valence-electron chi connectivity index (χ0n) is 37.0. The number of methoxy groups -OCH3 is 1. The van der Waals surface area contributed by atoms with Crippen molar-refractivity contribution in [2.24, 2.45) is 28.8 Å². The topological polar surface area (TPSA) is 223 Å². The number of fused-ring (bicyclic) bond motifs is 14. The fourth-order valence-corrected chi connectivity index (χ4v) is 7.96. The molecule has 15 heteroatoms. The number of esters is 1. The SMILES string of the molecule is CCCCCCCCON=Cc1c2c(O)c3c(O)c(C)c4c(c3c1O)C(=O)[C@@](C)(OC=C[C@H](OC)[C@H](C)[C@H](OC(C)=O)[C@H](C)[C@H](O)[C@H](C)[C@@H](O)[C@H](C)C=CC=C(C)C(=O)N2)O4. The number of nitrogens with one attached hydrogen (secondary N) is 1. The Morgan fingerprint density at radius 1 is 0.918 bits per heavy atom. The summed E-state index contributed by atoms with van der Waals surface area (Å²) < 4.78 is 23.6. The third kappa shape index (κ3) is 10.7. The fourth-order valence-electron chi connectivity index (χ4n) is 7.96. The molecule has 0 aromatic heterocycles. The first-order valence-corrected chi connectivity index (χ1v) is 21.1. The molecule has 61 heavy (non-hydrogen) atoms. The number of anilines is 1. The van der Waals surface area contributed by atoms with Gasteiger partial charge in [0.25, 0.3) is 11.7 Å². The third-order valence-electron chi connectivity index (χ3n) is 11.9. The zero-order valence-corrected chi connectivity index (χ0v) is 37.0. The van der Waals surface area contributed by atoms with Gasteiger partial charge in [-0.3, -0.25) is 14.4 Å². The number of aliphatic hydroxyl groups is 2. The highest BCUT2D eigenvalue weighted by molar-refractivity contribution is 6.23. The van der Waals surface area contributed by atoms with E-state index in [1.807, 2.05) is 0 Å². The normalized spacial score (nSPS) is 27.6. The molecule has 9 atom stereocenters. The molecule has 0 fully saturated rings. The van der Waals surface area contributed by atoms with Crippen LogP contribution in [0.15, 0.2) is 41.3 Å². The Bertz CT molecular complexity index is 2040. The molecule has 15 nitrogen and oxygen atoms in total. The van der Waals surface area contributed by atoms with E-state index in [0.29, 0.717) is 0 Å². The van der Waals surface area contributed by atoms with Gasteiger partial charge in [-0.15, -0.1) is 0 Å². The molecule has 5 bridgehead atoms. The highest BCUT2D eigenvalue weighted by Crippen LogP contribution is 2.55. The predicted octanol–water partition coefficient (Wildman–Crippen LogP) is 7.47. The molecule has 2 aromatic carbocycles. The van der Waals surface area contributed by atoms with Crippen LogP contribution in [-0.2, 0) is 28.6 Å². The van der Waals surface area contributed by atoms with Crippen LogP contribution in [-0.4, -0.2) is 93.3 Å². The Hall–Kier alpha value is -5.12. The lowest BCUT2D eigenvalue weighted by molar-refractivity contribution is -0.160. The molecule has 3 heterocycles. The first-order valence-electron chi connectivity index (χ1n) is 21.1. The van der Waals surface area contributed by atoms with Crippen LogP contribution in [0.4, 0.5) is 5.69 Å². The van der Waals surface area contributed by atoms with E-state index in [9.17, 15) is 39.9 Å². The van der Waals surface area contributed by atoms with E-state index in [-0.39, 0.29) is 51.1 Å².